The molecule has 1 saturated heterocycles. The van der Waals surface area contributed by atoms with Crippen LogP contribution in [0, 0.1) is 29.1 Å². The van der Waals surface area contributed by atoms with Crippen LogP contribution in [0.15, 0.2) is 0 Å². The number of hydrogen-bond acceptors (Lipinski definition) is 3. The highest BCUT2D eigenvalue weighted by molar-refractivity contribution is 5.11. The van der Waals surface area contributed by atoms with Gasteiger partial charge in [0.15, 0.2) is 0 Å². The molecular formula is C43H79NO2. The zero-order valence-corrected chi connectivity index (χ0v) is 31.3. The van der Waals surface area contributed by atoms with Gasteiger partial charge in [-0.2, -0.15) is 0 Å². The molecular weight excluding hydrogens is 562 g/mol. The number of rotatable bonds is 34. The fraction of sp³-hybridized carbons (Fsp3) is 0.907. The van der Waals surface area contributed by atoms with E-state index in [1.165, 1.54) is 173 Å². The first-order valence-corrected chi connectivity index (χ1v) is 20.6. The average Bonchev–Trinajstić information content (AvgIpc) is 3.05. The lowest BCUT2D eigenvalue weighted by Gasteiger charge is -2.43. The Bertz CT molecular complexity index is 737. The normalized spacial score (nSPS) is 13.5. The molecule has 0 aromatic rings. The van der Waals surface area contributed by atoms with Gasteiger partial charge in [0.2, 0.25) is 0 Å². The summed E-state index contributed by atoms with van der Waals surface area (Å²) in [6.07, 6.45) is 39.3. The summed E-state index contributed by atoms with van der Waals surface area (Å²) in [4.78, 5) is 0. The Morgan fingerprint density at radius 2 is 0.761 bits per heavy atom. The van der Waals surface area contributed by atoms with Crippen LogP contribution in [-0.2, 0) is 9.47 Å². The van der Waals surface area contributed by atoms with Gasteiger partial charge in [0.1, 0.15) is 0 Å². The summed E-state index contributed by atoms with van der Waals surface area (Å²) in [7, 11) is 0. The highest BCUT2D eigenvalue weighted by Crippen LogP contribution is 2.31. The van der Waals surface area contributed by atoms with Crippen LogP contribution in [0.3, 0.4) is 0 Å². The minimum absolute atomic E-state index is 0.415. The first-order chi connectivity index (χ1) is 22.8. The predicted octanol–water partition coefficient (Wildman–Crippen LogP) is 12.4. The third-order valence-electron chi connectivity index (χ3n) is 9.87. The van der Waals surface area contributed by atoms with E-state index >= 15 is 0 Å². The van der Waals surface area contributed by atoms with E-state index in [4.69, 9.17) is 9.47 Å². The van der Waals surface area contributed by atoms with Gasteiger partial charge in [-0.25, -0.2) is 0 Å². The third-order valence-corrected chi connectivity index (χ3v) is 9.87. The quantitative estimate of drug-likeness (QED) is 0.0560. The van der Waals surface area contributed by atoms with E-state index in [-0.39, 0.29) is 0 Å². The molecule has 1 heterocycles. The smallest absolute Gasteiger partial charge is 0.0702 e. The Kier molecular flexibility index (Phi) is 33.0. The summed E-state index contributed by atoms with van der Waals surface area (Å²) < 4.78 is 12.1. The summed E-state index contributed by atoms with van der Waals surface area (Å²) in [6, 6.07) is 0. The average molecular weight is 642 g/mol. The zero-order valence-electron chi connectivity index (χ0n) is 31.3. The molecule has 0 aromatic carbocycles. The minimum Gasteiger partial charge on any atom is -0.381 e. The molecule has 0 bridgehead atoms. The monoisotopic (exact) mass is 642 g/mol. The number of unbranched alkanes of at least 4 members (excludes halogenated alkanes) is 24. The van der Waals surface area contributed by atoms with Gasteiger partial charge < -0.3 is 14.8 Å². The number of ether oxygens (including phenoxy) is 2. The molecule has 268 valence electrons. The van der Waals surface area contributed by atoms with Crippen molar-refractivity contribution < 1.29 is 9.47 Å². The van der Waals surface area contributed by atoms with Gasteiger partial charge in [0.05, 0.1) is 6.42 Å². The van der Waals surface area contributed by atoms with Crippen LogP contribution < -0.4 is 5.32 Å². The van der Waals surface area contributed by atoms with Crippen LogP contribution in [0.4, 0.5) is 0 Å². The minimum atomic E-state index is 0.415. The molecule has 1 rings (SSSR count). The van der Waals surface area contributed by atoms with Crippen LogP contribution in [0.2, 0.25) is 0 Å². The Labute approximate surface area is 289 Å². The molecule has 3 nitrogen and oxygen atoms in total. The van der Waals surface area contributed by atoms with E-state index in [1.54, 1.807) is 0 Å². The Morgan fingerprint density at radius 1 is 0.413 bits per heavy atom. The Morgan fingerprint density at radius 3 is 1.15 bits per heavy atom. The van der Waals surface area contributed by atoms with Gasteiger partial charge in [0.25, 0.3) is 0 Å². The fourth-order valence-electron chi connectivity index (χ4n) is 6.42. The lowest BCUT2D eigenvalue weighted by atomic mass is 9.76. The van der Waals surface area contributed by atoms with Gasteiger partial charge in [-0.15, -0.1) is 11.8 Å². The molecule has 1 N–H and O–H groups in total. The molecule has 0 aromatic heterocycles. The van der Waals surface area contributed by atoms with Crippen molar-refractivity contribution >= 4 is 0 Å². The second-order valence-electron chi connectivity index (χ2n) is 14.3. The molecule has 3 heteroatoms. The molecule has 1 aliphatic rings. The largest absolute Gasteiger partial charge is 0.381 e. The van der Waals surface area contributed by atoms with Crippen molar-refractivity contribution in [2.45, 2.75) is 206 Å². The zero-order chi connectivity index (χ0) is 32.9. The van der Waals surface area contributed by atoms with Crippen LogP contribution in [0.25, 0.3) is 0 Å². The summed E-state index contributed by atoms with van der Waals surface area (Å²) in [5.74, 6) is 12.9. The first-order valence-electron chi connectivity index (χ1n) is 20.6. The van der Waals surface area contributed by atoms with Gasteiger partial charge in [-0.3, -0.25) is 0 Å². The molecule has 46 heavy (non-hydrogen) atoms. The second kappa shape index (κ2) is 35.3. The lowest BCUT2D eigenvalue weighted by Crippen LogP contribution is -2.54. The lowest BCUT2D eigenvalue weighted by molar-refractivity contribution is 0.0283. The maximum Gasteiger partial charge on any atom is 0.0702 e. The van der Waals surface area contributed by atoms with Crippen molar-refractivity contribution in [3.8, 4) is 23.7 Å². The topological polar surface area (TPSA) is 30.5 Å². The highest BCUT2D eigenvalue weighted by Gasteiger charge is 2.35. The van der Waals surface area contributed by atoms with E-state index in [0.717, 1.165) is 58.8 Å². The van der Waals surface area contributed by atoms with Crippen LogP contribution in [-0.4, -0.2) is 39.5 Å². The number of nitrogens with one attached hydrogen (secondary N) is 1. The molecule has 1 aliphatic heterocycles. The molecule has 0 atom stereocenters. The molecule has 0 radical (unpaired) electrons. The van der Waals surface area contributed by atoms with Crippen molar-refractivity contribution in [1.82, 2.24) is 5.32 Å². The predicted molar refractivity (Wildman–Crippen MR) is 202 cm³/mol. The molecule has 0 aliphatic carbocycles. The standard InChI is InChI=1S/C43H79NO2/c1-3-5-7-9-11-13-15-17-19-21-23-25-27-29-31-33-37-45-39-35-43(41-44-42-43)36-40-46-38-34-32-30-28-26-24-22-20-18-16-14-12-10-8-6-4-2/h44H,3-11,13,15-17,19,21-42H2,1-2H3. The third kappa shape index (κ3) is 29.2. The van der Waals surface area contributed by atoms with E-state index in [1.807, 2.05) is 0 Å². The van der Waals surface area contributed by atoms with Gasteiger partial charge in [-0.05, 0) is 43.9 Å². The SMILES string of the molecule is CCCCCC#CCC#CCCCCCCCCOCCC1(CCOCCCCCCCCCCCCCCCCCC)CNC1. The highest BCUT2D eigenvalue weighted by atomic mass is 16.5. The molecule has 1 fully saturated rings. The summed E-state index contributed by atoms with van der Waals surface area (Å²) >= 11 is 0. The van der Waals surface area contributed by atoms with E-state index in [9.17, 15) is 0 Å². The maximum atomic E-state index is 6.05. The summed E-state index contributed by atoms with van der Waals surface area (Å²) in [5.41, 5.74) is 0.415. The summed E-state index contributed by atoms with van der Waals surface area (Å²) in [5, 5.41) is 3.50. The van der Waals surface area contributed by atoms with Crippen LogP contribution >= 0.6 is 0 Å². The fourth-order valence-corrected chi connectivity index (χ4v) is 6.42. The van der Waals surface area contributed by atoms with E-state index in [2.05, 4.69) is 42.8 Å². The maximum absolute atomic E-state index is 6.05. The van der Waals surface area contributed by atoms with Crippen LogP contribution in [0.1, 0.15) is 206 Å². The number of hydrogen-bond donors (Lipinski definition) is 1. The van der Waals surface area contributed by atoms with Gasteiger partial charge in [0, 0.05) is 52.4 Å². The van der Waals surface area contributed by atoms with Crippen molar-refractivity contribution in [3.63, 3.8) is 0 Å². The van der Waals surface area contributed by atoms with Crippen molar-refractivity contribution in [2.75, 3.05) is 39.5 Å². The molecule has 0 unspecified atom stereocenters. The molecule has 0 amide bonds. The Balaban J connectivity index is 1.80. The second-order valence-corrected chi connectivity index (χ2v) is 14.3. The van der Waals surface area contributed by atoms with Crippen molar-refractivity contribution in [1.29, 1.82) is 0 Å². The molecule has 0 saturated carbocycles. The van der Waals surface area contributed by atoms with Gasteiger partial charge in [-0.1, -0.05) is 161 Å². The van der Waals surface area contributed by atoms with E-state index < -0.39 is 0 Å². The van der Waals surface area contributed by atoms with Crippen molar-refractivity contribution in [3.05, 3.63) is 0 Å². The first kappa shape index (κ1) is 43.0. The van der Waals surface area contributed by atoms with Gasteiger partial charge >= 0.3 is 0 Å². The van der Waals surface area contributed by atoms with Crippen molar-refractivity contribution in [2.24, 2.45) is 5.41 Å². The van der Waals surface area contributed by atoms with E-state index in [0.29, 0.717) is 5.41 Å². The molecule has 0 spiro atoms. The summed E-state index contributed by atoms with van der Waals surface area (Å²) in [6.45, 7) is 10.5. The Hall–Kier alpha value is -1.00. The van der Waals surface area contributed by atoms with Crippen LogP contribution in [0.5, 0.6) is 0 Å².